The molecule has 5 rings (SSSR count). The molecule has 9 nitrogen and oxygen atoms in total. The maximum atomic E-state index is 13.1. The van der Waals surface area contributed by atoms with Crippen LogP contribution in [0.5, 0.6) is 0 Å². The first-order valence-corrected chi connectivity index (χ1v) is 13.9. The fraction of sp³-hybridized carbons (Fsp3) is 0.250. The molecule has 10 heteroatoms. The average molecular weight is 532 g/mol. The van der Waals surface area contributed by atoms with Crippen molar-refractivity contribution in [2.75, 3.05) is 31.5 Å². The third-order valence-electron chi connectivity index (χ3n) is 6.70. The largest absolute Gasteiger partial charge is 0.335 e. The Hall–Kier alpha value is -4.02. The third kappa shape index (κ3) is 5.61. The van der Waals surface area contributed by atoms with E-state index in [1.165, 1.54) is 6.07 Å². The van der Waals surface area contributed by atoms with Crippen LogP contribution in [0.15, 0.2) is 89.5 Å². The van der Waals surface area contributed by atoms with Gasteiger partial charge in [0, 0.05) is 55.1 Å². The van der Waals surface area contributed by atoms with E-state index in [0.29, 0.717) is 43.7 Å². The number of fused-ring (bicyclic) bond motifs is 1. The van der Waals surface area contributed by atoms with E-state index < -0.39 is 16.1 Å². The quantitative estimate of drug-likeness (QED) is 0.524. The van der Waals surface area contributed by atoms with Gasteiger partial charge in [0.05, 0.1) is 5.52 Å². The number of nitrogens with zero attached hydrogens (tertiary/aromatic N) is 3. The number of benzene rings is 2. The number of carbonyl (C=O) groups excluding carboxylic acids is 2. The molecule has 2 aliphatic rings. The number of carbonyl (C=O) groups is 2. The highest BCUT2D eigenvalue weighted by Crippen LogP contribution is 2.22. The van der Waals surface area contributed by atoms with E-state index in [0.717, 1.165) is 16.6 Å². The third-order valence-corrected chi connectivity index (χ3v) is 8.22. The molecule has 196 valence electrons. The highest BCUT2D eigenvalue weighted by molar-refractivity contribution is 7.89. The lowest BCUT2D eigenvalue weighted by Crippen LogP contribution is -2.52. The van der Waals surface area contributed by atoms with E-state index in [1.54, 1.807) is 46.4 Å². The summed E-state index contributed by atoms with van der Waals surface area (Å²) in [7, 11) is -3.82. The Bertz CT molecular complexity index is 1520. The lowest BCUT2D eigenvalue weighted by atomic mass is 10.0. The van der Waals surface area contributed by atoms with Crippen LogP contribution < -0.4 is 10.0 Å². The number of nitrogens with one attached hydrogen (secondary N) is 2. The smallest absolute Gasteiger partial charge is 0.321 e. The molecule has 0 bridgehead atoms. The molecular weight excluding hydrogens is 502 g/mol. The molecule has 2 N–H and O–H groups in total. The van der Waals surface area contributed by atoms with Crippen molar-refractivity contribution in [1.29, 1.82) is 0 Å². The van der Waals surface area contributed by atoms with Crippen LogP contribution in [0.4, 0.5) is 10.5 Å². The van der Waals surface area contributed by atoms with Crippen molar-refractivity contribution in [1.82, 2.24) is 19.5 Å². The van der Waals surface area contributed by atoms with Gasteiger partial charge >= 0.3 is 6.03 Å². The number of aryl methyl sites for hydroxylation is 1. The van der Waals surface area contributed by atoms with Gasteiger partial charge in [-0.2, -0.15) is 0 Å². The molecule has 1 saturated heterocycles. The summed E-state index contributed by atoms with van der Waals surface area (Å²) in [5.41, 5.74) is 2.79. The van der Waals surface area contributed by atoms with Gasteiger partial charge in [-0.3, -0.25) is 9.78 Å². The first-order chi connectivity index (χ1) is 18.3. The van der Waals surface area contributed by atoms with Crippen LogP contribution in [0.2, 0.25) is 0 Å². The summed E-state index contributed by atoms with van der Waals surface area (Å²) in [5.74, 6) is -0.126. The number of amides is 3. The van der Waals surface area contributed by atoms with Crippen molar-refractivity contribution in [3.05, 3.63) is 90.2 Å². The summed E-state index contributed by atoms with van der Waals surface area (Å²) in [5, 5.41) is 3.64. The molecule has 0 saturated carbocycles. The number of anilines is 1. The lowest BCUT2D eigenvalue weighted by Gasteiger charge is -2.35. The number of hydrogen-bond acceptors (Lipinski definition) is 5. The van der Waals surface area contributed by atoms with Gasteiger partial charge in [0.15, 0.2) is 0 Å². The zero-order valence-corrected chi connectivity index (χ0v) is 21.8. The number of piperazine rings is 1. The van der Waals surface area contributed by atoms with Crippen molar-refractivity contribution < 1.29 is 18.0 Å². The number of sulfonamides is 1. The van der Waals surface area contributed by atoms with Crippen LogP contribution in [0.25, 0.3) is 10.9 Å². The van der Waals surface area contributed by atoms with Crippen molar-refractivity contribution >= 4 is 38.6 Å². The highest BCUT2D eigenvalue weighted by Gasteiger charge is 2.27. The van der Waals surface area contributed by atoms with Gasteiger partial charge in [0.2, 0.25) is 10.0 Å². The molecule has 38 heavy (non-hydrogen) atoms. The van der Waals surface area contributed by atoms with Gasteiger partial charge < -0.3 is 15.1 Å². The van der Waals surface area contributed by atoms with Gasteiger partial charge in [-0.05, 0) is 37.6 Å². The predicted molar refractivity (Wildman–Crippen MR) is 146 cm³/mol. The standard InChI is InChI=1S/C28H29N5O4S/c1-20-7-11-23(12-8-20)30-28(35)33-18-16-32(17-19-33)27(34)22-9-13-24(14-10-22)31-38(36,37)25-6-2-4-21-5-3-15-29-26(21)25/h2-13,15,24,31H,14,16-19H2,1H3,(H,30,35). The molecule has 1 atom stereocenters. The fourth-order valence-electron chi connectivity index (χ4n) is 4.56. The molecule has 1 aliphatic carbocycles. The first kappa shape index (κ1) is 25.6. The summed E-state index contributed by atoms with van der Waals surface area (Å²) in [6, 6.07) is 15.6. The van der Waals surface area contributed by atoms with E-state index in [1.807, 2.05) is 43.3 Å². The number of hydrogen-bond donors (Lipinski definition) is 2. The van der Waals surface area contributed by atoms with Crippen LogP contribution in [0.1, 0.15) is 12.0 Å². The minimum Gasteiger partial charge on any atom is -0.335 e. The summed E-state index contributed by atoms with van der Waals surface area (Å²) < 4.78 is 28.9. The van der Waals surface area contributed by atoms with E-state index in [9.17, 15) is 18.0 Å². The van der Waals surface area contributed by atoms with Crippen LogP contribution >= 0.6 is 0 Å². The topological polar surface area (TPSA) is 112 Å². The molecule has 0 spiro atoms. The van der Waals surface area contributed by atoms with E-state index in [2.05, 4.69) is 15.0 Å². The molecule has 1 fully saturated rings. The Labute approximate surface area is 221 Å². The van der Waals surface area contributed by atoms with Crippen molar-refractivity contribution in [3.8, 4) is 0 Å². The van der Waals surface area contributed by atoms with E-state index in [4.69, 9.17) is 0 Å². The Kier molecular flexibility index (Phi) is 7.26. The zero-order valence-electron chi connectivity index (χ0n) is 21.0. The Morgan fingerprint density at radius 3 is 2.37 bits per heavy atom. The van der Waals surface area contributed by atoms with Crippen molar-refractivity contribution in [3.63, 3.8) is 0 Å². The number of rotatable bonds is 5. The summed E-state index contributed by atoms with van der Waals surface area (Å²) in [6.45, 7) is 3.70. The number of aromatic nitrogens is 1. The average Bonchev–Trinajstić information content (AvgIpc) is 2.94. The molecule has 1 aliphatic heterocycles. The minimum atomic E-state index is -3.82. The van der Waals surface area contributed by atoms with Crippen LogP contribution in [-0.2, 0) is 14.8 Å². The Morgan fingerprint density at radius 2 is 1.66 bits per heavy atom. The predicted octanol–water partition coefficient (Wildman–Crippen LogP) is 3.45. The Morgan fingerprint density at radius 1 is 0.947 bits per heavy atom. The molecule has 2 aromatic carbocycles. The van der Waals surface area contributed by atoms with Crippen LogP contribution in [0, 0.1) is 6.92 Å². The molecule has 0 radical (unpaired) electrons. The maximum absolute atomic E-state index is 13.1. The SMILES string of the molecule is Cc1ccc(NC(=O)N2CCN(C(=O)C3=CCC(NS(=O)(=O)c4cccc5cccnc45)C=C3)CC2)cc1. The van der Waals surface area contributed by atoms with Crippen LogP contribution in [0.3, 0.4) is 0 Å². The molecule has 2 heterocycles. The van der Waals surface area contributed by atoms with Gasteiger partial charge in [0.1, 0.15) is 4.90 Å². The zero-order chi connectivity index (χ0) is 26.7. The summed E-state index contributed by atoms with van der Waals surface area (Å²) >= 11 is 0. The maximum Gasteiger partial charge on any atom is 0.321 e. The Balaban J connectivity index is 1.15. The van der Waals surface area contributed by atoms with E-state index >= 15 is 0 Å². The van der Waals surface area contributed by atoms with E-state index in [-0.39, 0.29) is 16.8 Å². The minimum absolute atomic E-state index is 0.124. The van der Waals surface area contributed by atoms with Gasteiger partial charge in [-0.25, -0.2) is 17.9 Å². The van der Waals surface area contributed by atoms with Crippen LogP contribution in [-0.4, -0.2) is 67.4 Å². The van der Waals surface area contributed by atoms with Crippen molar-refractivity contribution in [2.24, 2.45) is 0 Å². The summed E-state index contributed by atoms with van der Waals surface area (Å²) in [6.07, 6.45) is 7.05. The lowest BCUT2D eigenvalue weighted by molar-refractivity contribution is -0.128. The molecular formula is C28H29N5O4S. The normalized spacial score (nSPS) is 17.8. The van der Waals surface area contributed by atoms with Gasteiger partial charge in [-0.15, -0.1) is 0 Å². The number of urea groups is 1. The highest BCUT2D eigenvalue weighted by atomic mass is 32.2. The van der Waals surface area contributed by atoms with Gasteiger partial charge in [-0.1, -0.05) is 54.1 Å². The second kappa shape index (κ2) is 10.8. The molecule has 3 amide bonds. The molecule has 1 aromatic heterocycles. The monoisotopic (exact) mass is 531 g/mol. The first-order valence-electron chi connectivity index (χ1n) is 12.5. The van der Waals surface area contributed by atoms with Gasteiger partial charge in [0.25, 0.3) is 5.91 Å². The fourth-order valence-corrected chi connectivity index (χ4v) is 5.94. The summed E-state index contributed by atoms with van der Waals surface area (Å²) in [4.78, 5) is 33.4. The second-order valence-corrected chi connectivity index (χ2v) is 11.1. The van der Waals surface area contributed by atoms with Crippen molar-refractivity contribution in [2.45, 2.75) is 24.3 Å². The second-order valence-electron chi connectivity index (χ2n) is 9.39. The number of para-hydroxylation sites is 1. The molecule has 1 unspecified atom stereocenters. The number of pyridine rings is 1. The molecule has 3 aromatic rings.